The monoisotopic (exact) mass is 610 g/mol. The Bertz CT molecular complexity index is 1970. The Morgan fingerprint density at radius 1 is 0.787 bits per heavy atom. The number of rotatable bonds is 7. The second-order valence-electron chi connectivity index (χ2n) is 12.8. The molecular formula is C45H42N2. The molecule has 4 aliphatic carbocycles. The summed E-state index contributed by atoms with van der Waals surface area (Å²) in [7, 11) is 0. The fourth-order valence-electron chi connectivity index (χ4n) is 7.17. The normalized spacial score (nSPS) is 21.1. The largest absolute Gasteiger partial charge is 0.398 e. The molecule has 0 heterocycles. The highest BCUT2D eigenvalue weighted by atomic mass is 15.2. The van der Waals surface area contributed by atoms with Gasteiger partial charge in [0.2, 0.25) is 0 Å². The van der Waals surface area contributed by atoms with Crippen molar-refractivity contribution in [3.05, 3.63) is 208 Å². The lowest BCUT2D eigenvalue weighted by Gasteiger charge is -2.33. The molecular weight excluding hydrogens is 569 g/mol. The van der Waals surface area contributed by atoms with Crippen LogP contribution in [-0.2, 0) is 12.8 Å². The summed E-state index contributed by atoms with van der Waals surface area (Å²) in [5.74, 6) is 0. The molecule has 2 nitrogen and oxygen atoms in total. The maximum absolute atomic E-state index is 7.08. The molecule has 232 valence electrons. The van der Waals surface area contributed by atoms with Gasteiger partial charge in [-0.2, -0.15) is 0 Å². The molecule has 2 N–H and O–H groups in total. The maximum Gasteiger partial charge on any atom is 0.0712 e. The van der Waals surface area contributed by atoms with Gasteiger partial charge in [-0.15, -0.1) is 0 Å². The summed E-state index contributed by atoms with van der Waals surface area (Å²) >= 11 is 0. The third-order valence-electron chi connectivity index (χ3n) is 9.49. The average Bonchev–Trinajstić information content (AvgIpc) is 3.77. The Hall–Kier alpha value is -5.34. The summed E-state index contributed by atoms with van der Waals surface area (Å²) in [6.45, 7) is 4.54. The molecule has 2 heteroatoms. The van der Waals surface area contributed by atoms with Gasteiger partial charge >= 0.3 is 0 Å². The fraction of sp³-hybridized carbons (Fsp3) is 0.156. The van der Waals surface area contributed by atoms with Crippen LogP contribution in [0.1, 0.15) is 54.5 Å². The van der Waals surface area contributed by atoms with E-state index in [-0.39, 0.29) is 6.04 Å². The predicted octanol–water partition coefficient (Wildman–Crippen LogP) is 10.4. The Kier molecular flexibility index (Phi) is 8.75. The zero-order valence-corrected chi connectivity index (χ0v) is 27.4. The van der Waals surface area contributed by atoms with Crippen LogP contribution in [0.3, 0.4) is 0 Å². The van der Waals surface area contributed by atoms with Crippen molar-refractivity contribution in [3.8, 4) is 0 Å². The number of allylic oxidation sites excluding steroid dienone is 15. The molecule has 0 fully saturated rings. The van der Waals surface area contributed by atoms with E-state index in [0.717, 1.165) is 36.9 Å². The van der Waals surface area contributed by atoms with Gasteiger partial charge in [0.1, 0.15) is 0 Å². The second-order valence-corrected chi connectivity index (χ2v) is 12.8. The predicted molar refractivity (Wildman–Crippen MR) is 200 cm³/mol. The van der Waals surface area contributed by atoms with Crippen LogP contribution >= 0.6 is 0 Å². The van der Waals surface area contributed by atoms with Gasteiger partial charge in [-0.1, -0.05) is 139 Å². The molecule has 7 rings (SSSR count). The highest BCUT2D eigenvalue weighted by Gasteiger charge is 2.27. The number of fused-ring (bicyclic) bond motifs is 1. The van der Waals surface area contributed by atoms with E-state index in [9.17, 15) is 0 Å². The van der Waals surface area contributed by atoms with Crippen LogP contribution in [0.25, 0.3) is 16.8 Å². The topological polar surface area (TPSA) is 29.3 Å². The van der Waals surface area contributed by atoms with E-state index in [4.69, 9.17) is 5.73 Å². The molecule has 3 aromatic rings. The number of nitrogens with two attached hydrogens (primary N) is 1. The van der Waals surface area contributed by atoms with Crippen LogP contribution in [-0.4, -0.2) is 10.9 Å². The van der Waals surface area contributed by atoms with E-state index in [1.54, 1.807) is 0 Å². The van der Waals surface area contributed by atoms with E-state index in [2.05, 4.69) is 171 Å². The van der Waals surface area contributed by atoms with Gasteiger partial charge < -0.3 is 10.6 Å². The van der Waals surface area contributed by atoms with E-state index in [0.29, 0.717) is 0 Å². The zero-order valence-electron chi connectivity index (χ0n) is 27.4. The molecule has 0 saturated carbocycles. The summed E-state index contributed by atoms with van der Waals surface area (Å²) < 4.78 is 0. The molecule has 3 aromatic carbocycles. The number of benzene rings is 3. The standard InChI is InChI=1S/C45H42N2/c1-32-27-37-21-14-24-42(44(46)31-43(35-17-8-4-9-18-35)36-19-10-5-11-20-36)41(37)26-25-40(28-32)47(39-22-12-13-23-39)45-30-38(29-33(45)2)34-15-6-3-7-16-34/h3-19,21-25,28,30-31,39H,20,26-27,29,46H2,1-2H3/b32-28+,40-25+,43-36+,44-31-. The van der Waals surface area contributed by atoms with Gasteiger partial charge in [-0.25, -0.2) is 0 Å². The second kappa shape index (κ2) is 13.6. The fourth-order valence-corrected chi connectivity index (χ4v) is 7.17. The molecule has 0 bridgehead atoms. The van der Waals surface area contributed by atoms with Crippen molar-refractivity contribution in [2.24, 2.45) is 5.73 Å². The van der Waals surface area contributed by atoms with E-state index < -0.39 is 0 Å². The van der Waals surface area contributed by atoms with Crippen LogP contribution < -0.4 is 5.73 Å². The summed E-state index contributed by atoms with van der Waals surface area (Å²) in [4.78, 5) is 2.53. The number of hydrogen-bond acceptors (Lipinski definition) is 2. The van der Waals surface area contributed by atoms with Crippen molar-refractivity contribution in [1.29, 1.82) is 0 Å². The van der Waals surface area contributed by atoms with Crippen LogP contribution in [0.2, 0.25) is 0 Å². The minimum Gasteiger partial charge on any atom is -0.398 e. The lowest BCUT2D eigenvalue weighted by atomic mass is 9.88. The Labute approximate surface area is 280 Å². The lowest BCUT2D eigenvalue weighted by molar-refractivity contribution is 0.432. The van der Waals surface area contributed by atoms with Crippen LogP contribution in [0.5, 0.6) is 0 Å². The molecule has 0 aromatic heterocycles. The molecule has 4 aliphatic rings. The van der Waals surface area contributed by atoms with Gasteiger partial charge in [0.25, 0.3) is 0 Å². The van der Waals surface area contributed by atoms with Crippen molar-refractivity contribution in [1.82, 2.24) is 4.90 Å². The lowest BCUT2D eigenvalue weighted by Crippen LogP contribution is -2.30. The maximum atomic E-state index is 7.08. The van der Waals surface area contributed by atoms with Crippen LogP contribution in [0, 0.1) is 0 Å². The van der Waals surface area contributed by atoms with E-state index in [1.807, 2.05) is 0 Å². The minimum absolute atomic E-state index is 0.165. The van der Waals surface area contributed by atoms with Gasteiger partial charge in [0.15, 0.2) is 0 Å². The quantitative estimate of drug-likeness (QED) is 0.288. The Morgan fingerprint density at radius 2 is 1.55 bits per heavy atom. The van der Waals surface area contributed by atoms with Gasteiger partial charge in [0, 0.05) is 22.7 Å². The third-order valence-corrected chi connectivity index (χ3v) is 9.49. The van der Waals surface area contributed by atoms with Gasteiger partial charge in [-0.3, -0.25) is 0 Å². The minimum atomic E-state index is 0.165. The smallest absolute Gasteiger partial charge is 0.0712 e. The van der Waals surface area contributed by atoms with Crippen LogP contribution in [0.15, 0.2) is 180 Å². The first-order chi connectivity index (χ1) is 23.0. The van der Waals surface area contributed by atoms with Gasteiger partial charge in [0.05, 0.1) is 6.04 Å². The Morgan fingerprint density at radius 3 is 2.30 bits per heavy atom. The van der Waals surface area contributed by atoms with Gasteiger partial charge in [-0.05, 0) is 102 Å². The molecule has 0 unspecified atom stereocenters. The molecule has 47 heavy (non-hydrogen) atoms. The molecule has 0 atom stereocenters. The first kappa shape index (κ1) is 30.3. The first-order valence-electron chi connectivity index (χ1n) is 16.7. The summed E-state index contributed by atoms with van der Waals surface area (Å²) in [6.07, 6.45) is 30.5. The van der Waals surface area contributed by atoms with Crippen molar-refractivity contribution in [2.45, 2.75) is 45.6 Å². The SMILES string of the molecule is CC1=C(N(C2=C/Cc3c(cccc3/C(N)=C/C(=C3/C=CC=CC3)c3ccccc3)C\C(C)=C\2)C2C=CC=C2)C=C(c2ccccc2)C1. The average molecular weight is 611 g/mol. The van der Waals surface area contributed by atoms with E-state index >= 15 is 0 Å². The number of nitrogens with zero attached hydrogens (tertiary/aromatic N) is 1. The summed E-state index contributed by atoms with van der Waals surface area (Å²) in [5, 5.41) is 0. The van der Waals surface area contributed by atoms with Crippen molar-refractivity contribution >= 4 is 16.8 Å². The van der Waals surface area contributed by atoms with Crippen molar-refractivity contribution < 1.29 is 0 Å². The highest BCUT2D eigenvalue weighted by Crippen LogP contribution is 2.39. The molecule has 0 aliphatic heterocycles. The molecule has 0 saturated heterocycles. The Balaban J connectivity index is 1.29. The van der Waals surface area contributed by atoms with Crippen molar-refractivity contribution in [2.75, 3.05) is 0 Å². The molecule has 0 spiro atoms. The zero-order chi connectivity index (χ0) is 32.2. The highest BCUT2D eigenvalue weighted by molar-refractivity contribution is 5.87. The molecule has 0 radical (unpaired) electrons. The van der Waals surface area contributed by atoms with Crippen molar-refractivity contribution in [3.63, 3.8) is 0 Å². The van der Waals surface area contributed by atoms with E-state index in [1.165, 1.54) is 61.5 Å². The summed E-state index contributed by atoms with van der Waals surface area (Å²) in [6, 6.07) is 28.2. The third kappa shape index (κ3) is 6.50. The number of hydrogen-bond donors (Lipinski definition) is 1. The first-order valence-corrected chi connectivity index (χ1v) is 16.7. The molecule has 0 amide bonds. The summed E-state index contributed by atoms with van der Waals surface area (Å²) in [5.41, 5.74) is 23.2. The van der Waals surface area contributed by atoms with Crippen LogP contribution in [0.4, 0.5) is 0 Å².